The van der Waals surface area contributed by atoms with Crippen LogP contribution in [0, 0.1) is 0 Å². The molecule has 33 heavy (non-hydrogen) atoms. The molecule has 0 radical (unpaired) electrons. The van der Waals surface area contributed by atoms with Gasteiger partial charge in [0.1, 0.15) is 5.82 Å². The summed E-state index contributed by atoms with van der Waals surface area (Å²) in [4.78, 5) is 32.6. The van der Waals surface area contributed by atoms with Gasteiger partial charge in [0, 0.05) is 43.8 Å². The number of hydrogen-bond acceptors (Lipinski definition) is 8. The van der Waals surface area contributed by atoms with E-state index in [1.54, 1.807) is 18.6 Å². The van der Waals surface area contributed by atoms with Crippen LogP contribution in [-0.4, -0.2) is 54.5 Å². The van der Waals surface area contributed by atoms with Gasteiger partial charge >= 0.3 is 0 Å². The number of fused-ring (bicyclic) bond motifs is 2. The molecule has 4 aromatic rings. The van der Waals surface area contributed by atoms with E-state index in [0.717, 1.165) is 48.6 Å². The predicted molar refractivity (Wildman–Crippen MR) is 122 cm³/mol. The molecule has 1 saturated heterocycles. The van der Waals surface area contributed by atoms with Crippen LogP contribution in [0.2, 0.25) is 0 Å². The van der Waals surface area contributed by atoms with E-state index in [1.165, 1.54) is 0 Å². The number of carbonyl (C=O) groups excluding carboxylic acids is 1. The molecule has 1 fully saturated rings. The zero-order chi connectivity index (χ0) is 22.4. The minimum absolute atomic E-state index is 0.143. The maximum Gasteiger partial charge on any atom is 0.254 e. The molecular formula is C23H22N8O2. The number of aromatic nitrogens is 5. The molecule has 0 saturated carbocycles. The Morgan fingerprint density at radius 2 is 1.88 bits per heavy atom. The molecule has 166 valence electrons. The average Bonchev–Trinajstić information content (AvgIpc) is 3.48. The Kier molecular flexibility index (Phi) is 4.65. The van der Waals surface area contributed by atoms with Crippen molar-refractivity contribution in [1.29, 1.82) is 0 Å². The fourth-order valence-electron chi connectivity index (χ4n) is 4.49. The Morgan fingerprint density at radius 3 is 2.70 bits per heavy atom. The number of aliphatic hydroxyl groups excluding tert-OH is 1. The third-order valence-corrected chi connectivity index (χ3v) is 6.22. The molecule has 3 N–H and O–H groups in total. The number of nitrogens with one attached hydrogen (secondary N) is 2. The molecule has 6 heterocycles. The topological polar surface area (TPSA) is 121 Å². The first-order valence-corrected chi connectivity index (χ1v) is 10.9. The number of hydrogen-bond donors (Lipinski definition) is 3. The SMILES string of the molecule is O=C1NCc2c(-c3ccnc4nccn34)ncc(Nc3ccc(N4CCC(O)CC4)cn3)c21. The lowest BCUT2D eigenvalue weighted by molar-refractivity contribution is 0.0966. The maximum atomic E-state index is 12.7. The second-order valence-electron chi connectivity index (χ2n) is 8.23. The minimum Gasteiger partial charge on any atom is -0.393 e. The Balaban J connectivity index is 1.31. The van der Waals surface area contributed by atoms with Gasteiger partial charge in [-0.15, -0.1) is 0 Å². The average molecular weight is 442 g/mol. The number of imidazole rings is 1. The first-order valence-electron chi connectivity index (χ1n) is 10.9. The van der Waals surface area contributed by atoms with Crippen LogP contribution in [0.3, 0.4) is 0 Å². The summed E-state index contributed by atoms with van der Waals surface area (Å²) >= 11 is 0. The first-order chi connectivity index (χ1) is 16.2. The number of nitrogens with zero attached hydrogens (tertiary/aromatic N) is 6. The van der Waals surface area contributed by atoms with Crippen LogP contribution in [0.15, 0.2) is 49.2 Å². The highest BCUT2D eigenvalue weighted by atomic mass is 16.3. The molecule has 2 aliphatic heterocycles. The summed E-state index contributed by atoms with van der Waals surface area (Å²) in [5.74, 6) is 1.07. The number of anilines is 3. The predicted octanol–water partition coefficient (Wildman–Crippen LogP) is 2.13. The molecule has 0 aliphatic carbocycles. The van der Waals surface area contributed by atoms with Crippen molar-refractivity contribution in [2.75, 3.05) is 23.3 Å². The summed E-state index contributed by atoms with van der Waals surface area (Å²) in [5.41, 5.74) is 4.57. The van der Waals surface area contributed by atoms with Crippen molar-refractivity contribution in [2.45, 2.75) is 25.5 Å². The van der Waals surface area contributed by atoms with Crippen LogP contribution < -0.4 is 15.5 Å². The van der Waals surface area contributed by atoms with Gasteiger partial charge < -0.3 is 20.6 Å². The van der Waals surface area contributed by atoms with Crippen molar-refractivity contribution < 1.29 is 9.90 Å². The van der Waals surface area contributed by atoms with E-state index in [2.05, 4.69) is 35.5 Å². The molecule has 0 atom stereocenters. The molecule has 10 nitrogen and oxygen atoms in total. The monoisotopic (exact) mass is 442 g/mol. The number of carbonyl (C=O) groups is 1. The van der Waals surface area contributed by atoms with E-state index in [9.17, 15) is 9.90 Å². The summed E-state index contributed by atoms with van der Waals surface area (Å²) in [7, 11) is 0. The molecule has 1 amide bonds. The second-order valence-corrected chi connectivity index (χ2v) is 8.23. The Morgan fingerprint density at radius 1 is 1.03 bits per heavy atom. The molecule has 0 unspecified atom stereocenters. The highest BCUT2D eigenvalue weighted by Gasteiger charge is 2.28. The summed E-state index contributed by atoms with van der Waals surface area (Å²) in [6.45, 7) is 2.03. The summed E-state index contributed by atoms with van der Waals surface area (Å²) < 4.78 is 1.86. The normalized spacial score (nSPS) is 16.2. The van der Waals surface area contributed by atoms with Crippen LogP contribution in [0.4, 0.5) is 17.2 Å². The highest BCUT2D eigenvalue weighted by molar-refractivity contribution is 6.05. The molecule has 6 rings (SSSR count). The van der Waals surface area contributed by atoms with E-state index in [4.69, 9.17) is 0 Å². The smallest absolute Gasteiger partial charge is 0.254 e. The van der Waals surface area contributed by atoms with Gasteiger partial charge in [-0.2, -0.15) is 0 Å². The van der Waals surface area contributed by atoms with Crippen LogP contribution in [-0.2, 0) is 6.54 Å². The van der Waals surface area contributed by atoms with Gasteiger partial charge in [0.05, 0.1) is 46.8 Å². The van der Waals surface area contributed by atoms with Gasteiger partial charge in [-0.05, 0) is 31.0 Å². The summed E-state index contributed by atoms with van der Waals surface area (Å²) in [5, 5.41) is 15.9. The second kappa shape index (κ2) is 7.82. The molecule has 0 aromatic carbocycles. The maximum absolute atomic E-state index is 12.7. The molecule has 0 spiro atoms. The standard InChI is InChI=1S/C23H22N8O2/c32-15-4-8-30(9-5-15)14-1-2-19(26-11-14)29-17-13-27-21(16-12-28-22(33)20(16)17)18-3-6-24-23-25-7-10-31(18)23/h1-3,6-7,10-11,13,15,32H,4-5,8-9,12H2,(H,26,29)(H,28,33). The van der Waals surface area contributed by atoms with Crippen molar-refractivity contribution >= 4 is 28.9 Å². The van der Waals surface area contributed by atoms with E-state index < -0.39 is 0 Å². The highest BCUT2D eigenvalue weighted by Crippen LogP contribution is 2.33. The van der Waals surface area contributed by atoms with Crippen LogP contribution >= 0.6 is 0 Å². The van der Waals surface area contributed by atoms with Crippen molar-refractivity contribution in [3.8, 4) is 11.4 Å². The molecule has 0 bridgehead atoms. The van der Waals surface area contributed by atoms with Crippen molar-refractivity contribution in [3.63, 3.8) is 0 Å². The Labute approximate surface area is 189 Å². The van der Waals surface area contributed by atoms with E-state index >= 15 is 0 Å². The van der Waals surface area contributed by atoms with Crippen molar-refractivity contribution in [1.82, 2.24) is 29.7 Å². The lowest BCUT2D eigenvalue weighted by Gasteiger charge is -2.31. The zero-order valence-corrected chi connectivity index (χ0v) is 17.8. The molecule has 2 aliphatic rings. The third kappa shape index (κ3) is 3.44. The van der Waals surface area contributed by atoms with Crippen LogP contribution in [0.1, 0.15) is 28.8 Å². The minimum atomic E-state index is -0.212. The van der Waals surface area contributed by atoms with Gasteiger partial charge in [0.15, 0.2) is 0 Å². The zero-order valence-electron chi connectivity index (χ0n) is 17.8. The Bertz CT molecular complexity index is 1340. The van der Waals surface area contributed by atoms with Gasteiger partial charge in [-0.3, -0.25) is 14.2 Å². The third-order valence-electron chi connectivity index (χ3n) is 6.22. The fourth-order valence-corrected chi connectivity index (χ4v) is 4.49. The van der Waals surface area contributed by atoms with Gasteiger partial charge in [0.25, 0.3) is 5.91 Å². The van der Waals surface area contributed by atoms with E-state index in [0.29, 0.717) is 29.4 Å². The molecular weight excluding hydrogens is 420 g/mol. The Hall–Kier alpha value is -4.05. The largest absolute Gasteiger partial charge is 0.393 e. The van der Waals surface area contributed by atoms with E-state index in [-0.39, 0.29) is 12.0 Å². The number of pyridine rings is 2. The molecule has 10 heteroatoms. The lowest BCUT2D eigenvalue weighted by atomic mass is 10.0. The fraction of sp³-hybridized carbons (Fsp3) is 0.261. The van der Waals surface area contributed by atoms with Crippen molar-refractivity contribution in [2.24, 2.45) is 0 Å². The summed E-state index contributed by atoms with van der Waals surface area (Å²) in [6, 6.07) is 5.76. The van der Waals surface area contributed by atoms with Gasteiger partial charge in [-0.1, -0.05) is 0 Å². The first kappa shape index (κ1) is 19.6. The number of aliphatic hydroxyl groups is 1. The lowest BCUT2D eigenvalue weighted by Crippen LogP contribution is -2.35. The van der Waals surface area contributed by atoms with Gasteiger partial charge in [0.2, 0.25) is 5.78 Å². The van der Waals surface area contributed by atoms with Crippen LogP contribution in [0.25, 0.3) is 17.2 Å². The van der Waals surface area contributed by atoms with Crippen molar-refractivity contribution in [3.05, 3.63) is 60.3 Å². The number of rotatable bonds is 4. The van der Waals surface area contributed by atoms with Crippen LogP contribution in [0.5, 0.6) is 0 Å². The molecule has 4 aromatic heterocycles. The number of amides is 1. The quantitative estimate of drug-likeness (QED) is 0.440. The van der Waals surface area contributed by atoms with E-state index in [1.807, 2.05) is 35.0 Å². The van der Waals surface area contributed by atoms with Gasteiger partial charge in [-0.25, -0.2) is 15.0 Å². The summed E-state index contributed by atoms with van der Waals surface area (Å²) in [6.07, 6.45) is 10.0. The number of piperidine rings is 1.